The number of H-pyrrole nitrogens is 1. The standard InChI is InChI=1S/C21H19N3O4S/c1-12(19(25)17-11-22-18-7-5-4-6-16(17)18)29-21-24-23-20(28-21)13-8-14(26-2)10-15(9-13)27-3/h4-12,22H,1-3H3/t12-/m0/s1. The Morgan fingerprint density at radius 2 is 1.83 bits per heavy atom. The lowest BCUT2D eigenvalue weighted by Gasteiger charge is -2.07. The van der Waals surface area contributed by atoms with Crippen LogP contribution in [0.15, 0.2) is 58.3 Å². The summed E-state index contributed by atoms with van der Waals surface area (Å²) in [5.41, 5.74) is 2.26. The van der Waals surface area contributed by atoms with Gasteiger partial charge >= 0.3 is 0 Å². The summed E-state index contributed by atoms with van der Waals surface area (Å²) in [4.78, 5) is 16.0. The third kappa shape index (κ3) is 3.84. The first-order valence-corrected chi connectivity index (χ1v) is 9.81. The smallest absolute Gasteiger partial charge is 0.277 e. The molecule has 0 saturated carbocycles. The minimum atomic E-state index is -0.387. The molecule has 29 heavy (non-hydrogen) atoms. The Balaban J connectivity index is 1.54. The van der Waals surface area contributed by atoms with Crippen molar-refractivity contribution in [3.63, 3.8) is 0 Å². The predicted octanol–water partition coefficient (Wildman–Crippen LogP) is 4.60. The van der Waals surface area contributed by atoms with Crippen molar-refractivity contribution in [3.8, 4) is 23.0 Å². The van der Waals surface area contributed by atoms with Gasteiger partial charge in [0.2, 0.25) is 5.89 Å². The molecule has 4 aromatic rings. The van der Waals surface area contributed by atoms with Gasteiger partial charge in [0.15, 0.2) is 5.78 Å². The van der Waals surface area contributed by atoms with Gasteiger partial charge in [-0.2, -0.15) is 0 Å². The molecule has 1 N–H and O–H groups in total. The van der Waals surface area contributed by atoms with E-state index >= 15 is 0 Å². The fourth-order valence-electron chi connectivity index (χ4n) is 3.00. The largest absolute Gasteiger partial charge is 0.497 e. The topological polar surface area (TPSA) is 90.2 Å². The molecule has 0 radical (unpaired) electrons. The summed E-state index contributed by atoms with van der Waals surface area (Å²) in [6.07, 6.45) is 1.74. The number of hydrogen-bond donors (Lipinski definition) is 1. The van der Waals surface area contributed by atoms with E-state index in [2.05, 4.69) is 15.2 Å². The number of ether oxygens (including phenoxy) is 2. The predicted molar refractivity (Wildman–Crippen MR) is 111 cm³/mol. The van der Waals surface area contributed by atoms with Gasteiger partial charge < -0.3 is 18.9 Å². The molecule has 2 heterocycles. The number of carbonyl (C=O) groups is 1. The highest BCUT2D eigenvalue weighted by Crippen LogP contribution is 2.32. The van der Waals surface area contributed by atoms with E-state index in [1.807, 2.05) is 31.2 Å². The van der Waals surface area contributed by atoms with Gasteiger partial charge in [0, 0.05) is 34.3 Å². The van der Waals surface area contributed by atoms with Crippen LogP contribution in [0.2, 0.25) is 0 Å². The molecule has 0 aliphatic rings. The molecule has 8 heteroatoms. The first-order chi connectivity index (χ1) is 14.1. The average molecular weight is 409 g/mol. The molecule has 1 atom stereocenters. The molecule has 0 bridgehead atoms. The lowest BCUT2D eigenvalue weighted by molar-refractivity contribution is 0.0995. The van der Waals surface area contributed by atoms with Gasteiger partial charge in [-0.25, -0.2) is 0 Å². The molecule has 0 spiro atoms. The number of aromatic amines is 1. The Morgan fingerprint density at radius 3 is 2.55 bits per heavy atom. The summed E-state index contributed by atoms with van der Waals surface area (Å²) >= 11 is 1.23. The highest BCUT2D eigenvalue weighted by molar-refractivity contribution is 8.00. The number of nitrogens with one attached hydrogen (secondary N) is 1. The summed E-state index contributed by atoms with van der Waals surface area (Å²) in [5, 5.41) is 9.01. The SMILES string of the molecule is COc1cc(OC)cc(-c2nnc(S[C@@H](C)C(=O)c3c[nH]c4ccccc34)o2)c1. The van der Waals surface area contributed by atoms with Crippen molar-refractivity contribution in [2.75, 3.05) is 14.2 Å². The van der Waals surface area contributed by atoms with Crippen LogP contribution < -0.4 is 9.47 Å². The van der Waals surface area contributed by atoms with Crippen LogP contribution in [0, 0.1) is 0 Å². The molecular formula is C21H19N3O4S. The van der Waals surface area contributed by atoms with E-state index in [1.54, 1.807) is 38.6 Å². The molecule has 0 aliphatic carbocycles. The zero-order chi connectivity index (χ0) is 20.4. The van der Waals surface area contributed by atoms with E-state index in [9.17, 15) is 4.79 Å². The molecule has 2 aromatic carbocycles. The third-order valence-electron chi connectivity index (χ3n) is 4.51. The zero-order valence-corrected chi connectivity index (χ0v) is 16.9. The van der Waals surface area contributed by atoms with Crippen molar-refractivity contribution in [1.29, 1.82) is 0 Å². The van der Waals surface area contributed by atoms with Crippen LogP contribution >= 0.6 is 11.8 Å². The Kier molecular flexibility index (Phi) is 5.26. The van der Waals surface area contributed by atoms with Crippen LogP contribution in [0.4, 0.5) is 0 Å². The van der Waals surface area contributed by atoms with Gasteiger partial charge in [-0.05, 0) is 25.1 Å². The summed E-state index contributed by atoms with van der Waals surface area (Å²) in [5.74, 6) is 1.57. The zero-order valence-electron chi connectivity index (χ0n) is 16.1. The lowest BCUT2D eigenvalue weighted by Crippen LogP contribution is -2.13. The summed E-state index contributed by atoms with van der Waals surface area (Å²) < 4.78 is 16.3. The van der Waals surface area contributed by atoms with E-state index in [1.165, 1.54) is 11.8 Å². The van der Waals surface area contributed by atoms with E-state index < -0.39 is 0 Å². The van der Waals surface area contributed by atoms with E-state index in [-0.39, 0.29) is 11.0 Å². The fraction of sp³-hybridized carbons (Fsp3) is 0.190. The number of hydrogen-bond acceptors (Lipinski definition) is 7. The molecule has 0 unspecified atom stereocenters. The van der Waals surface area contributed by atoms with Crippen molar-refractivity contribution in [2.24, 2.45) is 0 Å². The normalized spacial score (nSPS) is 12.1. The molecule has 7 nitrogen and oxygen atoms in total. The molecule has 0 fully saturated rings. The van der Waals surface area contributed by atoms with Crippen LogP contribution in [0.5, 0.6) is 11.5 Å². The van der Waals surface area contributed by atoms with Crippen molar-refractivity contribution in [3.05, 3.63) is 54.2 Å². The van der Waals surface area contributed by atoms with Crippen molar-refractivity contribution in [2.45, 2.75) is 17.4 Å². The molecule has 148 valence electrons. The quantitative estimate of drug-likeness (QED) is 0.352. The number of fused-ring (bicyclic) bond motifs is 1. The van der Waals surface area contributed by atoms with E-state index in [0.717, 1.165) is 10.9 Å². The summed E-state index contributed by atoms with van der Waals surface area (Å²) in [6.45, 7) is 1.83. The van der Waals surface area contributed by atoms with Crippen molar-refractivity contribution < 1.29 is 18.7 Å². The fourth-order valence-corrected chi connectivity index (χ4v) is 3.76. The maximum absolute atomic E-state index is 12.9. The molecule has 4 rings (SSSR count). The summed E-state index contributed by atoms with van der Waals surface area (Å²) in [7, 11) is 3.15. The molecular weight excluding hydrogens is 390 g/mol. The molecule has 0 amide bonds. The highest BCUT2D eigenvalue weighted by Gasteiger charge is 2.22. The lowest BCUT2D eigenvalue weighted by atomic mass is 10.1. The van der Waals surface area contributed by atoms with Gasteiger partial charge in [0.05, 0.1) is 19.5 Å². The number of nitrogens with zero attached hydrogens (tertiary/aromatic N) is 2. The van der Waals surface area contributed by atoms with Crippen LogP contribution in [0.3, 0.4) is 0 Å². The monoisotopic (exact) mass is 409 g/mol. The van der Waals surface area contributed by atoms with Gasteiger partial charge in [0.1, 0.15) is 11.5 Å². The highest BCUT2D eigenvalue weighted by atomic mass is 32.2. The Labute approximate surface area is 171 Å². The van der Waals surface area contributed by atoms with Crippen LogP contribution in [-0.2, 0) is 0 Å². The third-order valence-corrected chi connectivity index (χ3v) is 5.44. The van der Waals surface area contributed by atoms with Gasteiger partial charge in [-0.1, -0.05) is 30.0 Å². The second-order valence-corrected chi connectivity index (χ2v) is 7.64. The Hall–Kier alpha value is -3.26. The minimum absolute atomic E-state index is 0.00440. The Morgan fingerprint density at radius 1 is 1.10 bits per heavy atom. The minimum Gasteiger partial charge on any atom is -0.497 e. The van der Waals surface area contributed by atoms with Crippen molar-refractivity contribution >= 4 is 28.4 Å². The maximum Gasteiger partial charge on any atom is 0.277 e. The maximum atomic E-state index is 12.9. The first-order valence-electron chi connectivity index (χ1n) is 8.93. The number of carbonyl (C=O) groups excluding carboxylic acids is 1. The van der Waals surface area contributed by atoms with Gasteiger partial charge in [-0.15, -0.1) is 10.2 Å². The van der Waals surface area contributed by atoms with Crippen molar-refractivity contribution in [1.82, 2.24) is 15.2 Å². The van der Waals surface area contributed by atoms with Crippen LogP contribution in [0.1, 0.15) is 17.3 Å². The first kappa shape index (κ1) is 19.1. The van der Waals surface area contributed by atoms with Crippen LogP contribution in [0.25, 0.3) is 22.4 Å². The molecule has 0 saturated heterocycles. The average Bonchev–Trinajstić information content (AvgIpc) is 3.40. The Bertz CT molecular complexity index is 1150. The van der Waals surface area contributed by atoms with Crippen LogP contribution in [-0.4, -0.2) is 40.4 Å². The number of Topliss-reactive ketones (excluding diaryl/α,β-unsaturated/α-hetero) is 1. The number of methoxy groups -OCH3 is 2. The summed E-state index contributed by atoms with van der Waals surface area (Å²) in [6, 6.07) is 13.0. The number of thioether (sulfide) groups is 1. The number of rotatable bonds is 7. The van der Waals surface area contributed by atoms with E-state index in [4.69, 9.17) is 13.9 Å². The van der Waals surface area contributed by atoms with Gasteiger partial charge in [-0.3, -0.25) is 4.79 Å². The molecule has 2 aromatic heterocycles. The van der Waals surface area contributed by atoms with E-state index in [0.29, 0.717) is 33.7 Å². The second kappa shape index (κ2) is 8.00. The number of benzene rings is 2. The number of aromatic nitrogens is 3. The van der Waals surface area contributed by atoms with Gasteiger partial charge in [0.25, 0.3) is 5.22 Å². The number of ketones is 1. The second-order valence-electron chi connectivity index (χ2n) is 6.35. The number of para-hydroxylation sites is 1. The molecule has 0 aliphatic heterocycles.